The summed E-state index contributed by atoms with van der Waals surface area (Å²) in [6, 6.07) is 2.66. The fourth-order valence-electron chi connectivity index (χ4n) is 1.78. The predicted molar refractivity (Wildman–Crippen MR) is 79.5 cm³/mol. The third kappa shape index (κ3) is 4.43. The van der Waals surface area contributed by atoms with Gasteiger partial charge in [-0.3, -0.25) is 9.59 Å². The van der Waals surface area contributed by atoms with E-state index in [1.54, 1.807) is 0 Å². The van der Waals surface area contributed by atoms with Crippen LogP contribution in [0.5, 0.6) is 17.2 Å². The van der Waals surface area contributed by atoms with E-state index in [0.717, 1.165) is 0 Å². The minimum absolute atomic E-state index is 0.0279. The molecular weight excluding hydrogens is 324 g/mol. The number of carbonyl (C=O) groups excluding carboxylic acids is 3. The van der Waals surface area contributed by atoms with E-state index in [2.05, 4.69) is 0 Å². The molecule has 2 atom stereocenters. The molecule has 0 heterocycles. The molecule has 0 saturated carbocycles. The zero-order chi connectivity index (χ0) is 18.3. The maximum atomic E-state index is 12.0. The van der Waals surface area contributed by atoms with Gasteiger partial charge in [0.1, 0.15) is 12.7 Å². The average Bonchev–Trinajstić information content (AvgIpc) is 2.62. The van der Waals surface area contributed by atoms with Gasteiger partial charge in [-0.15, -0.1) is 0 Å². The Morgan fingerprint density at radius 1 is 1.08 bits per heavy atom. The molecule has 0 aliphatic rings. The SMILES string of the molecule is COc1cc(C(=O)OCC(O)C(=O)C(O)C=O)cc(OC)c1OC. The number of aldehydes is 1. The van der Waals surface area contributed by atoms with Crippen molar-refractivity contribution in [3.8, 4) is 17.2 Å². The maximum Gasteiger partial charge on any atom is 0.338 e. The Kier molecular flexibility index (Phi) is 7.15. The molecule has 0 amide bonds. The quantitative estimate of drug-likeness (QED) is 0.342. The average molecular weight is 342 g/mol. The van der Waals surface area contributed by atoms with Crippen molar-refractivity contribution in [2.45, 2.75) is 12.2 Å². The third-order valence-electron chi connectivity index (χ3n) is 3.02. The molecule has 1 aromatic rings. The lowest BCUT2D eigenvalue weighted by Crippen LogP contribution is -2.36. The zero-order valence-electron chi connectivity index (χ0n) is 13.3. The smallest absolute Gasteiger partial charge is 0.338 e. The Morgan fingerprint density at radius 2 is 1.62 bits per heavy atom. The second kappa shape index (κ2) is 8.85. The summed E-state index contributed by atoms with van der Waals surface area (Å²) in [6.07, 6.45) is -3.83. The largest absolute Gasteiger partial charge is 0.493 e. The first kappa shape index (κ1) is 19.4. The number of Topliss-reactive ketones (excluding diaryl/α,β-unsaturated/α-hetero) is 1. The molecule has 0 aliphatic heterocycles. The highest BCUT2D eigenvalue weighted by atomic mass is 16.5. The summed E-state index contributed by atoms with van der Waals surface area (Å²) in [5.41, 5.74) is 0.0279. The minimum atomic E-state index is -1.97. The molecule has 1 aromatic carbocycles. The van der Waals surface area contributed by atoms with Crippen molar-refractivity contribution in [2.24, 2.45) is 0 Å². The van der Waals surface area contributed by atoms with Crippen molar-refractivity contribution in [1.82, 2.24) is 0 Å². The topological polar surface area (TPSA) is 129 Å². The summed E-state index contributed by atoms with van der Waals surface area (Å²) in [6.45, 7) is -0.723. The van der Waals surface area contributed by atoms with Crippen LogP contribution in [0.1, 0.15) is 10.4 Å². The van der Waals surface area contributed by atoms with Gasteiger partial charge < -0.3 is 29.2 Å². The molecule has 9 heteroatoms. The molecule has 9 nitrogen and oxygen atoms in total. The van der Waals surface area contributed by atoms with Gasteiger partial charge >= 0.3 is 5.97 Å². The number of benzene rings is 1. The Hall–Kier alpha value is -2.65. The number of carbonyl (C=O) groups is 3. The molecule has 132 valence electrons. The van der Waals surface area contributed by atoms with Crippen LogP contribution in [-0.4, -0.2) is 68.4 Å². The number of hydrogen-bond acceptors (Lipinski definition) is 9. The molecule has 1 rings (SSSR count). The number of ether oxygens (including phenoxy) is 4. The van der Waals surface area contributed by atoms with Crippen LogP contribution < -0.4 is 14.2 Å². The molecule has 0 bridgehead atoms. The van der Waals surface area contributed by atoms with E-state index in [0.29, 0.717) is 0 Å². The van der Waals surface area contributed by atoms with E-state index in [4.69, 9.17) is 24.1 Å². The highest BCUT2D eigenvalue weighted by Crippen LogP contribution is 2.38. The van der Waals surface area contributed by atoms with Crippen LogP contribution in [0.15, 0.2) is 12.1 Å². The number of ketones is 1. The Labute approximate surface area is 137 Å². The lowest BCUT2D eigenvalue weighted by atomic mass is 10.1. The van der Waals surface area contributed by atoms with Crippen LogP contribution in [0.4, 0.5) is 0 Å². The van der Waals surface area contributed by atoms with Crippen molar-refractivity contribution < 1.29 is 43.5 Å². The van der Waals surface area contributed by atoms with Crippen molar-refractivity contribution in [2.75, 3.05) is 27.9 Å². The van der Waals surface area contributed by atoms with E-state index in [-0.39, 0.29) is 29.1 Å². The highest BCUT2D eigenvalue weighted by Gasteiger charge is 2.25. The molecule has 0 spiro atoms. The predicted octanol–water partition coefficient (Wildman–Crippen LogP) is -0.641. The van der Waals surface area contributed by atoms with Gasteiger partial charge in [-0.05, 0) is 12.1 Å². The van der Waals surface area contributed by atoms with Gasteiger partial charge in [0.2, 0.25) is 5.75 Å². The molecule has 24 heavy (non-hydrogen) atoms. The van der Waals surface area contributed by atoms with Gasteiger partial charge in [0.25, 0.3) is 0 Å². The monoisotopic (exact) mass is 342 g/mol. The number of esters is 1. The van der Waals surface area contributed by atoms with Gasteiger partial charge in [0.05, 0.1) is 26.9 Å². The first-order valence-electron chi connectivity index (χ1n) is 6.71. The first-order chi connectivity index (χ1) is 11.4. The van der Waals surface area contributed by atoms with Gasteiger partial charge in [0.15, 0.2) is 29.7 Å². The number of methoxy groups -OCH3 is 3. The molecule has 0 aliphatic carbocycles. The Balaban J connectivity index is 2.88. The highest BCUT2D eigenvalue weighted by molar-refractivity contribution is 5.99. The Morgan fingerprint density at radius 3 is 2.04 bits per heavy atom. The van der Waals surface area contributed by atoms with Crippen molar-refractivity contribution >= 4 is 18.0 Å². The lowest BCUT2D eigenvalue weighted by molar-refractivity contribution is -0.140. The van der Waals surface area contributed by atoms with E-state index in [1.165, 1.54) is 33.5 Å². The number of hydrogen-bond donors (Lipinski definition) is 2. The standard InChI is InChI=1S/C15H18O9/c1-21-11-4-8(5-12(22-2)14(11)23-3)15(20)24-7-10(18)13(19)9(17)6-16/h4-6,9-10,17-18H,7H2,1-3H3. The maximum absolute atomic E-state index is 12.0. The summed E-state index contributed by atoms with van der Waals surface area (Å²) in [4.78, 5) is 33.6. The molecule has 0 aromatic heterocycles. The van der Waals surface area contributed by atoms with Crippen LogP contribution in [0, 0.1) is 0 Å². The van der Waals surface area contributed by atoms with Gasteiger partial charge in [-0.1, -0.05) is 0 Å². The van der Waals surface area contributed by atoms with E-state index in [1.807, 2.05) is 0 Å². The summed E-state index contributed by atoms with van der Waals surface area (Å²) < 4.78 is 20.1. The van der Waals surface area contributed by atoms with Crippen LogP contribution >= 0.6 is 0 Å². The number of aliphatic hydroxyl groups is 2. The van der Waals surface area contributed by atoms with E-state index >= 15 is 0 Å². The number of aliphatic hydroxyl groups excluding tert-OH is 2. The first-order valence-corrected chi connectivity index (χ1v) is 6.71. The summed E-state index contributed by atoms with van der Waals surface area (Å²) in [7, 11) is 4.14. The molecular formula is C15H18O9. The third-order valence-corrected chi connectivity index (χ3v) is 3.02. The molecule has 2 N–H and O–H groups in total. The summed E-state index contributed by atoms with van der Waals surface area (Å²) in [5.74, 6) is -1.32. The number of rotatable bonds is 9. The van der Waals surface area contributed by atoms with Crippen molar-refractivity contribution in [3.63, 3.8) is 0 Å². The van der Waals surface area contributed by atoms with Crippen molar-refractivity contribution in [1.29, 1.82) is 0 Å². The molecule has 0 saturated heterocycles. The van der Waals surface area contributed by atoms with Crippen LogP contribution in [0.25, 0.3) is 0 Å². The van der Waals surface area contributed by atoms with E-state index in [9.17, 15) is 19.5 Å². The molecule has 0 radical (unpaired) electrons. The molecule has 2 unspecified atom stereocenters. The van der Waals surface area contributed by atoms with Gasteiger partial charge in [0, 0.05) is 0 Å². The zero-order valence-corrected chi connectivity index (χ0v) is 13.3. The second-order valence-electron chi connectivity index (χ2n) is 4.51. The minimum Gasteiger partial charge on any atom is -0.493 e. The van der Waals surface area contributed by atoms with Crippen LogP contribution in [0.2, 0.25) is 0 Å². The van der Waals surface area contributed by atoms with Gasteiger partial charge in [-0.2, -0.15) is 0 Å². The normalized spacial score (nSPS) is 12.7. The van der Waals surface area contributed by atoms with Crippen molar-refractivity contribution in [3.05, 3.63) is 17.7 Å². The summed E-state index contributed by atoms with van der Waals surface area (Å²) in [5, 5.41) is 18.5. The lowest BCUT2D eigenvalue weighted by Gasteiger charge is -2.15. The molecule has 0 fully saturated rings. The van der Waals surface area contributed by atoms with Gasteiger partial charge in [-0.25, -0.2) is 4.79 Å². The van der Waals surface area contributed by atoms with Crippen LogP contribution in [-0.2, 0) is 14.3 Å². The van der Waals surface area contributed by atoms with Crippen LogP contribution in [0.3, 0.4) is 0 Å². The Bertz CT molecular complexity index is 586. The fraction of sp³-hybridized carbons (Fsp3) is 0.400. The second-order valence-corrected chi connectivity index (χ2v) is 4.51. The fourth-order valence-corrected chi connectivity index (χ4v) is 1.78. The van der Waals surface area contributed by atoms with E-state index < -0.39 is 30.6 Å². The summed E-state index contributed by atoms with van der Waals surface area (Å²) >= 11 is 0.